The molecule has 2 heterocycles. The van der Waals surface area contributed by atoms with Crippen LogP contribution in [0.25, 0.3) is 10.9 Å². The highest BCUT2D eigenvalue weighted by Gasteiger charge is 2.18. The molecule has 0 saturated carbocycles. The minimum atomic E-state index is -0.216. The first-order valence-electron chi connectivity index (χ1n) is 8.92. The zero-order valence-electron chi connectivity index (χ0n) is 15.8. The van der Waals surface area contributed by atoms with E-state index in [4.69, 9.17) is 11.6 Å². The third kappa shape index (κ3) is 3.70. The lowest BCUT2D eigenvalue weighted by Gasteiger charge is -2.21. The van der Waals surface area contributed by atoms with Gasteiger partial charge >= 0.3 is 0 Å². The standard InChI is InChI=1S/C21H25ClFN3/c1-14(22)10-12-26-16(3)15(2)19-9-11-24-21(20(19)26)25(4)13-17-5-7-18(23)8-6-17/h5-9,11,14H,10,12-13H2,1-4H3. The van der Waals surface area contributed by atoms with Gasteiger partial charge in [-0.1, -0.05) is 12.1 Å². The molecule has 1 aromatic carbocycles. The van der Waals surface area contributed by atoms with Crippen LogP contribution in [-0.2, 0) is 13.1 Å². The highest BCUT2D eigenvalue weighted by molar-refractivity contribution is 6.20. The molecule has 0 aliphatic carbocycles. The number of hydrogen-bond donors (Lipinski definition) is 0. The number of nitrogens with zero attached hydrogens (tertiary/aromatic N) is 3. The number of aryl methyl sites for hydroxylation is 2. The van der Waals surface area contributed by atoms with Gasteiger partial charge in [0.15, 0.2) is 5.82 Å². The Bertz CT molecular complexity index is 900. The molecular weight excluding hydrogens is 349 g/mol. The first-order chi connectivity index (χ1) is 12.4. The van der Waals surface area contributed by atoms with Crippen molar-refractivity contribution in [2.45, 2.75) is 45.7 Å². The number of alkyl halides is 1. The number of hydrogen-bond acceptors (Lipinski definition) is 2. The van der Waals surface area contributed by atoms with Crippen molar-refractivity contribution in [3.8, 4) is 0 Å². The van der Waals surface area contributed by atoms with Crippen molar-refractivity contribution in [1.82, 2.24) is 9.55 Å². The van der Waals surface area contributed by atoms with E-state index in [1.807, 2.05) is 32.3 Å². The molecule has 0 saturated heterocycles. The van der Waals surface area contributed by atoms with Crippen LogP contribution in [0, 0.1) is 19.7 Å². The molecule has 0 bridgehead atoms. The topological polar surface area (TPSA) is 21.1 Å². The van der Waals surface area contributed by atoms with Gasteiger partial charge in [-0.25, -0.2) is 9.37 Å². The molecular formula is C21H25ClFN3. The lowest BCUT2D eigenvalue weighted by molar-refractivity contribution is 0.626. The zero-order valence-corrected chi connectivity index (χ0v) is 16.5. The highest BCUT2D eigenvalue weighted by atomic mass is 35.5. The van der Waals surface area contributed by atoms with E-state index in [2.05, 4.69) is 34.4 Å². The highest BCUT2D eigenvalue weighted by Crippen LogP contribution is 2.32. The molecule has 1 unspecified atom stereocenters. The Hall–Kier alpha value is -2.07. The second-order valence-corrected chi connectivity index (χ2v) is 7.69. The number of benzene rings is 1. The van der Waals surface area contributed by atoms with Crippen molar-refractivity contribution < 1.29 is 4.39 Å². The average Bonchev–Trinajstić information content (AvgIpc) is 2.86. The van der Waals surface area contributed by atoms with Crippen LogP contribution >= 0.6 is 11.6 Å². The smallest absolute Gasteiger partial charge is 0.153 e. The predicted octanol–water partition coefficient (Wildman–Crippen LogP) is 5.45. The van der Waals surface area contributed by atoms with E-state index < -0.39 is 0 Å². The third-order valence-corrected chi connectivity index (χ3v) is 5.19. The van der Waals surface area contributed by atoms with Gasteiger partial charge in [0, 0.05) is 42.8 Å². The van der Waals surface area contributed by atoms with Crippen molar-refractivity contribution in [3.05, 3.63) is 59.2 Å². The van der Waals surface area contributed by atoms with E-state index in [1.165, 1.54) is 28.8 Å². The van der Waals surface area contributed by atoms with Crippen LogP contribution in [-0.4, -0.2) is 22.0 Å². The molecule has 138 valence electrons. The molecule has 0 amide bonds. The summed E-state index contributed by atoms with van der Waals surface area (Å²) in [6.07, 6.45) is 2.77. The number of anilines is 1. The summed E-state index contributed by atoms with van der Waals surface area (Å²) in [4.78, 5) is 6.78. The Balaban J connectivity index is 2.01. The van der Waals surface area contributed by atoms with Crippen LogP contribution in [0.4, 0.5) is 10.2 Å². The van der Waals surface area contributed by atoms with Gasteiger partial charge in [0.2, 0.25) is 0 Å². The summed E-state index contributed by atoms with van der Waals surface area (Å²) in [5.41, 5.74) is 4.72. The van der Waals surface area contributed by atoms with Gasteiger partial charge in [0.05, 0.1) is 5.52 Å². The summed E-state index contributed by atoms with van der Waals surface area (Å²) in [6.45, 7) is 7.86. The lowest BCUT2D eigenvalue weighted by atomic mass is 10.2. The Morgan fingerprint density at radius 3 is 2.54 bits per heavy atom. The largest absolute Gasteiger partial charge is 0.354 e. The summed E-state index contributed by atoms with van der Waals surface area (Å²) in [5.74, 6) is 0.720. The Morgan fingerprint density at radius 1 is 1.19 bits per heavy atom. The normalized spacial score (nSPS) is 12.5. The summed E-state index contributed by atoms with van der Waals surface area (Å²) >= 11 is 6.19. The second kappa shape index (κ2) is 7.67. The second-order valence-electron chi connectivity index (χ2n) is 6.94. The number of halogens is 2. The van der Waals surface area contributed by atoms with Gasteiger partial charge in [-0.05, 0) is 56.5 Å². The summed E-state index contributed by atoms with van der Waals surface area (Å²) < 4.78 is 15.5. The van der Waals surface area contributed by atoms with Gasteiger partial charge in [-0.15, -0.1) is 11.6 Å². The van der Waals surface area contributed by atoms with Crippen LogP contribution in [0.3, 0.4) is 0 Å². The monoisotopic (exact) mass is 373 g/mol. The zero-order chi connectivity index (χ0) is 18.8. The fraction of sp³-hybridized carbons (Fsp3) is 0.381. The van der Waals surface area contributed by atoms with E-state index in [0.717, 1.165) is 29.9 Å². The van der Waals surface area contributed by atoms with Crippen LogP contribution in [0.15, 0.2) is 36.5 Å². The minimum absolute atomic E-state index is 0.129. The molecule has 3 aromatic rings. The predicted molar refractivity (Wildman–Crippen MR) is 108 cm³/mol. The molecule has 2 aromatic heterocycles. The molecule has 0 aliphatic heterocycles. The van der Waals surface area contributed by atoms with Crippen LogP contribution in [0.5, 0.6) is 0 Å². The number of rotatable bonds is 6. The lowest BCUT2D eigenvalue weighted by Crippen LogP contribution is -2.19. The molecule has 0 radical (unpaired) electrons. The SMILES string of the molecule is Cc1c(C)n(CCC(C)Cl)c2c(N(C)Cc3ccc(F)cc3)nccc12. The quantitative estimate of drug-likeness (QED) is 0.536. The van der Waals surface area contributed by atoms with Crippen LogP contribution in [0.2, 0.25) is 0 Å². The van der Waals surface area contributed by atoms with Crippen molar-refractivity contribution in [3.63, 3.8) is 0 Å². The first-order valence-corrected chi connectivity index (χ1v) is 9.36. The fourth-order valence-electron chi connectivity index (χ4n) is 3.38. The maximum atomic E-state index is 13.2. The average molecular weight is 374 g/mol. The summed E-state index contributed by atoms with van der Waals surface area (Å²) in [6, 6.07) is 8.70. The van der Waals surface area contributed by atoms with Crippen molar-refractivity contribution in [2.75, 3.05) is 11.9 Å². The van der Waals surface area contributed by atoms with Crippen molar-refractivity contribution in [1.29, 1.82) is 0 Å². The maximum absolute atomic E-state index is 13.2. The van der Waals surface area contributed by atoms with Gasteiger partial charge in [-0.2, -0.15) is 0 Å². The minimum Gasteiger partial charge on any atom is -0.354 e. The number of aromatic nitrogens is 2. The molecule has 5 heteroatoms. The summed E-state index contributed by atoms with van der Waals surface area (Å²) in [5, 5.41) is 1.35. The molecule has 3 rings (SSSR count). The van der Waals surface area contributed by atoms with Crippen LogP contribution in [0.1, 0.15) is 30.2 Å². The molecule has 26 heavy (non-hydrogen) atoms. The summed E-state index contributed by atoms with van der Waals surface area (Å²) in [7, 11) is 2.03. The van der Waals surface area contributed by atoms with Gasteiger partial charge in [0.1, 0.15) is 5.82 Å². The molecule has 0 spiro atoms. The van der Waals surface area contributed by atoms with Crippen molar-refractivity contribution in [2.24, 2.45) is 0 Å². The molecule has 0 fully saturated rings. The van der Waals surface area contributed by atoms with Gasteiger partial charge < -0.3 is 9.47 Å². The van der Waals surface area contributed by atoms with Crippen LogP contribution < -0.4 is 4.90 Å². The van der Waals surface area contributed by atoms with E-state index >= 15 is 0 Å². The fourth-order valence-corrected chi connectivity index (χ4v) is 3.48. The molecule has 0 aliphatic rings. The molecule has 0 N–H and O–H groups in total. The number of pyridine rings is 1. The Morgan fingerprint density at radius 2 is 1.88 bits per heavy atom. The van der Waals surface area contributed by atoms with E-state index in [-0.39, 0.29) is 11.2 Å². The van der Waals surface area contributed by atoms with Gasteiger partial charge in [-0.3, -0.25) is 0 Å². The third-order valence-electron chi connectivity index (χ3n) is 4.97. The van der Waals surface area contributed by atoms with Gasteiger partial charge in [0.25, 0.3) is 0 Å². The Labute approximate surface area is 159 Å². The van der Waals surface area contributed by atoms with Crippen molar-refractivity contribution >= 4 is 28.3 Å². The molecule has 1 atom stereocenters. The Kier molecular flexibility index (Phi) is 5.52. The first kappa shape index (κ1) is 18.7. The number of fused-ring (bicyclic) bond motifs is 1. The molecule has 3 nitrogen and oxygen atoms in total. The van der Waals surface area contributed by atoms with E-state index in [9.17, 15) is 4.39 Å². The van der Waals surface area contributed by atoms with E-state index in [1.54, 1.807) is 0 Å². The van der Waals surface area contributed by atoms with E-state index in [0.29, 0.717) is 6.54 Å². The maximum Gasteiger partial charge on any atom is 0.153 e.